The molecule has 0 aromatic heterocycles. The van der Waals surface area contributed by atoms with E-state index in [9.17, 15) is 9.59 Å². The van der Waals surface area contributed by atoms with Gasteiger partial charge in [-0.2, -0.15) is 0 Å². The number of carbonyl (C=O) groups excluding carboxylic acids is 2. The number of nitrogens with two attached hydrogens (primary N) is 1. The lowest BCUT2D eigenvalue weighted by Gasteiger charge is -2.01. The van der Waals surface area contributed by atoms with Crippen LogP contribution in [-0.2, 0) is 9.59 Å². The fourth-order valence-electron chi connectivity index (χ4n) is 0.656. The van der Waals surface area contributed by atoms with Gasteiger partial charge in [0.1, 0.15) is 5.78 Å². The van der Waals surface area contributed by atoms with Crippen molar-refractivity contribution in [2.75, 3.05) is 5.75 Å². The Hall–Kier alpha value is -1.03. The van der Waals surface area contributed by atoms with Gasteiger partial charge < -0.3 is 5.73 Å². The predicted molar refractivity (Wildman–Crippen MR) is 55.2 cm³/mol. The molecule has 2 N–H and O–H groups in total. The van der Waals surface area contributed by atoms with E-state index in [2.05, 4.69) is 6.58 Å². The van der Waals surface area contributed by atoms with Gasteiger partial charge in [0.05, 0.1) is 12.2 Å². The van der Waals surface area contributed by atoms with Crippen LogP contribution in [0.1, 0.15) is 13.3 Å². The summed E-state index contributed by atoms with van der Waals surface area (Å²) >= 11 is 1.32. The average Bonchev–Trinajstić information content (AvgIpc) is 1.99. The number of ketones is 1. The molecule has 3 nitrogen and oxygen atoms in total. The Morgan fingerprint density at radius 1 is 1.54 bits per heavy atom. The Morgan fingerprint density at radius 3 is 2.54 bits per heavy atom. The highest BCUT2D eigenvalue weighted by Gasteiger charge is 2.03. The summed E-state index contributed by atoms with van der Waals surface area (Å²) in [6.07, 6.45) is 3.44. The molecule has 0 saturated carbocycles. The lowest BCUT2D eigenvalue weighted by molar-refractivity contribution is -0.117. The predicted octanol–water partition coefficient (Wildman–Crippen LogP) is 1.25. The van der Waals surface area contributed by atoms with E-state index in [-0.39, 0.29) is 12.2 Å². The molecule has 72 valence electrons. The van der Waals surface area contributed by atoms with Crippen molar-refractivity contribution in [1.82, 2.24) is 0 Å². The maximum atomic E-state index is 10.6. The van der Waals surface area contributed by atoms with Crippen molar-refractivity contribution in [3.8, 4) is 0 Å². The highest BCUT2D eigenvalue weighted by atomic mass is 32.2. The van der Waals surface area contributed by atoms with Gasteiger partial charge in [0.25, 0.3) is 0 Å². The molecule has 0 heterocycles. The van der Waals surface area contributed by atoms with E-state index >= 15 is 0 Å². The van der Waals surface area contributed by atoms with Crippen molar-refractivity contribution in [2.45, 2.75) is 13.3 Å². The summed E-state index contributed by atoms with van der Waals surface area (Å²) < 4.78 is 0. The molecule has 13 heavy (non-hydrogen) atoms. The van der Waals surface area contributed by atoms with Crippen LogP contribution in [-0.4, -0.2) is 17.4 Å². The molecule has 0 aliphatic rings. The molecule has 0 aromatic rings. The van der Waals surface area contributed by atoms with Crippen molar-refractivity contribution in [2.24, 2.45) is 5.73 Å². The van der Waals surface area contributed by atoms with Gasteiger partial charge in [-0.15, -0.1) is 11.8 Å². The minimum absolute atomic E-state index is 0.0735. The molecule has 0 aliphatic carbocycles. The molecule has 1 amide bonds. The van der Waals surface area contributed by atoms with Crippen LogP contribution in [0.15, 0.2) is 23.6 Å². The highest BCUT2D eigenvalue weighted by molar-refractivity contribution is 8.03. The molecular weight excluding hydrogens is 186 g/mol. The lowest BCUT2D eigenvalue weighted by Crippen LogP contribution is -2.10. The number of allylic oxidation sites excluding steroid dienone is 2. The van der Waals surface area contributed by atoms with E-state index in [4.69, 9.17) is 5.73 Å². The zero-order chi connectivity index (χ0) is 10.3. The van der Waals surface area contributed by atoms with E-state index < -0.39 is 5.91 Å². The molecule has 0 aliphatic heterocycles. The molecule has 0 spiro atoms. The fourth-order valence-corrected chi connectivity index (χ4v) is 1.48. The van der Waals surface area contributed by atoms with Crippen LogP contribution >= 0.6 is 11.8 Å². The summed E-state index contributed by atoms with van der Waals surface area (Å²) in [5.74, 6) is 0.0426. The number of hydrogen-bond donors (Lipinski definition) is 1. The van der Waals surface area contributed by atoms with Crippen LogP contribution in [0.25, 0.3) is 0 Å². The number of hydrogen-bond acceptors (Lipinski definition) is 3. The van der Waals surface area contributed by atoms with E-state index in [1.165, 1.54) is 18.7 Å². The third-order valence-corrected chi connectivity index (χ3v) is 2.32. The normalized spacial score (nSPS) is 11.0. The minimum atomic E-state index is -0.399. The van der Waals surface area contributed by atoms with Gasteiger partial charge in [-0.1, -0.05) is 18.7 Å². The van der Waals surface area contributed by atoms with Gasteiger partial charge in [-0.05, 0) is 11.8 Å². The molecule has 0 atom stereocenters. The number of primary amides is 1. The van der Waals surface area contributed by atoms with Crippen LogP contribution in [0.4, 0.5) is 0 Å². The van der Waals surface area contributed by atoms with Gasteiger partial charge in [-0.3, -0.25) is 9.59 Å². The largest absolute Gasteiger partial charge is 0.369 e. The monoisotopic (exact) mass is 199 g/mol. The van der Waals surface area contributed by atoms with Gasteiger partial charge in [0.2, 0.25) is 5.91 Å². The number of carbonyl (C=O) groups is 2. The SMILES string of the molecule is C=C/C=C(/CC(N)=O)SCC(C)=O. The minimum Gasteiger partial charge on any atom is -0.369 e. The molecular formula is C9H13NO2S. The van der Waals surface area contributed by atoms with Crippen molar-refractivity contribution >= 4 is 23.5 Å². The number of Topliss-reactive ketones (excluding diaryl/α,β-unsaturated/α-hetero) is 1. The summed E-state index contributed by atoms with van der Waals surface area (Å²) in [7, 11) is 0. The molecule has 4 heteroatoms. The van der Waals surface area contributed by atoms with Crippen molar-refractivity contribution in [3.05, 3.63) is 23.6 Å². The summed E-state index contributed by atoms with van der Waals surface area (Å²) in [4.78, 5) is 22.0. The lowest BCUT2D eigenvalue weighted by atomic mass is 10.3. The maximum Gasteiger partial charge on any atom is 0.222 e. The first-order valence-corrected chi connectivity index (χ1v) is 4.77. The fraction of sp³-hybridized carbons (Fsp3) is 0.333. The maximum absolute atomic E-state index is 10.6. The van der Waals surface area contributed by atoms with E-state index in [1.54, 1.807) is 12.2 Å². The molecule has 0 bridgehead atoms. The Morgan fingerprint density at radius 2 is 2.15 bits per heavy atom. The van der Waals surface area contributed by atoms with Crippen LogP contribution in [0.2, 0.25) is 0 Å². The smallest absolute Gasteiger partial charge is 0.222 e. The van der Waals surface area contributed by atoms with Crippen molar-refractivity contribution in [3.63, 3.8) is 0 Å². The topological polar surface area (TPSA) is 60.2 Å². The molecule has 0 radical (unpaired) electrons. The van der Waals surface area contributed by atoms with Gasteiger partial charge >= 0.3 is 0 Å². The molecule has 0 fully saturated rings. The van der Waals surface area contributed by atoms with Crippen molar-refractivity contribution in [1.29, 1.82) is 0 Å². The number of rotatable bonds is 6. The number of thioether (sulfide) groups is 1. The second kappa shape index (κ2) is 6.48. The van der Waals surface area contributed by atoms with E-state index in [0.717, 1.165) is 4.91 Å². The molecule has 0 unspecified atom stereocenters. The highest BCUT2D eigenvalue weighted by Crippen LogP contribution is 2.18. The first-order chi connectivity index (χ1) is 6.06. The van der Waals surface area contributed by atoms with Crippen molar-refractivity contribution < 1.29 is 9.59 Å². The van der Waals surface area contributed by atoms with Gasteiger partial charge in [0, 0.05) is 0 Å². The molecule has 0 aromatic carbocycles. The Balaban J connectivity index is 4.10. The quantitative estimate of drug-likeness (QED) is 0.655. The molecule has 0 saturated heterocycles. The second-order valence-electron chi connectivity index (χ2n) is 2.50. The second-order valence-corrected chi connectivity index (χ2v) is 3.60. The summed E-state index contributed by atoms with van der Waals surface area (Å²) in [6.45, 7) is 5.01. The third kappa shape index (κ3) is 7.33. The Labute approximate surface area is 82.1 Å². The summed E-state index contributed by atoms with van der Waals surface area (Å²) in [5.41, 5.74) is 5.02. The van der Waals surface area contributed by atoms with E-state index in [1.807, 2.05) is 0 Å². The van der Waals surface area contributed by atoms with Crippen LogP contribution in [0.5, 0.6) is 0 Å². The van der Waals surface area contributed by atoms with Crippen LogP contribution in [0.3, 0.4) is 0 Å². The first kappa shape index (κ1) is 12.0. The molecule has 0 rings (SSSR count). The number of amides is 1. The average molecular weight is 199 g/mol. The Bertz CT molecular complexity index is 246. The summed E-state index contributed by atoms with van der Waals surface area (Å²) in [5, 5.41) is 0. The Kier molecular flexibility index (Phi) is 5.97. The van der Waals surface area contributed by atoms with Crippen LogP contribution in [0, 0.1) is 0 Å². The van der Waals surface area contributed by atoms with E-state index in [0.29, 0.717) is 5.75 Å². The van der Waals surface area contributed by atoms with Gasteiger partial charge in [-0.25, -0.2) is 0 Å². The van der Waals surface area contributed by atoms with Gasteiger partial charge in [0.15, 0.2) is 0 Å². The first-order valence-electron chi connectivity index (χ1n) is 3.78. The third-order valence-electron chi connectivity index (χ3n) is 1.11. The summed E-state index contributed by atoms with van der Waals surface area (Å²) in [6, 6.07) is 0. The zero-order valence-corrected chi connectivity index (χ0v) is 8.39. The van der Waals surface area contributed by atoms with Crippen LogP contribution < -0.4 is 5.73 Å². The zero-order valence-electron chi connectivity index (χ0n) is 7.58. The standard InChI is InChI=1S/C9H13NO2S/c1-3-4-8(5-9(10)12)13-6-7(2)11/h3-4H,1,5-6H2,2H3,(H2,10,12)/b8-4-.